The Hall–Kier alpha value is -1.70. The molecule has 0 aliphatic carbocycles. The summed E-state index contributed by atoms with van der Waals surface area (Å²) in [5, 5.41) is 2.90. The van der Waals surface area contributed by atoms with Gasteiger partial charge >= 0.3 is 12.2 Å². The average molecular weight is 347 g/mol. The molecule has 1 saturated heterocycles. The molecule has 0 bridgehead atoms. The molecule has 0 aromatic carbocycles. The van der Waals surface area contributed by atoms with E-state index < -0.39 is 12.7 Å². The van der Waals surface area contributed by atoms with E-state index in [2.05, 4.69) is 5.32 Å². The van der Waals surface area contributed by atoms with Gasteiger partial charge in [0.15, 0.2) is 0 Å². The van der Waals surface area contributed by atoms with Gasteiger partial charge in [-0.1, -0.05) is 0 Å². The molecule has 1 aromatic rings. The minimum Gasteiger partial charge on any atom is -0.466 e. The highest BCUT2D eigenvalue weighted by Crippen LogP contribution is 2.22. The number of urea groups is 1. The van der Waals surface area contributed by atoms with E-state index in [4.69, 9.17) is 4.42 Å². The molecule has 1 aliphatic rings. The first-order chi connectivity index (χ1) is 11.2. The molecule has 0 radical (unpaired) electrons. The molecule has 0 saturated carbocycles. The second kappa shape index (κ2) is 7.46. The van der Waals surface area contributed by atoms with Gasteiger partial charge < -0.3 is 14.6 Å². The molecule has 8 heteroatoms. The predicted octanol–water partition coefficient (Wildman–Crippen LogP) is 3.24. The average Bonchev–Trinajstić information content (AvgIpc) is 2.66. The summed E-state index contributed by atoms with van der Waals surface area (Å²) in [6.07, 6.45) is -3.68. The Morgan fingerprint density at radius 2 is 2.00 bits per heavy atom. The molecule has 2 rings (SSSR count). The minimum atomic E-state index is -4.21. The van der Waals surface area contributed by atoms with E-state index in [-0.39, 0.29) is 25.2 Å². The first-order valence-electron chi connectivity index (χ1n) is 8.07. The maximum absolute atomic E-state index is 12.5. The van der Waals surface area contributed by atoms with E-state index in [9.17, 15) is 18.0 Å². The van der Waals surface area contributed by atoms with Crippen molar-refractivity contribution in [2.24, 2.45) is 0 Å². The van der Waals surface area contributed by atoms with Gasteiger partial charge in [-0.05, 0) is 33.3 Å². The molecule has 2 heterocycles. The van der Waals surface area contributed by atoms with Crippen LogP contribution in [0.4, 0.5) is 18.0 Å². The molecule has 1 atom stereocenters. The fourth-order valence-corrected chi connectivity index (χ4v) is 3.02. The summed E-state index contributed by atoms with van der Waals surface area (Å²) in [7, 11) is 0. The number of nitrogens with one attached hydrogen (secondary N) is 1. The first kappa shape index (κ1) is 18.6. The van der Waals surface area contributed by atoms with E-state index in [1.807, 2.05) is 26.8 Å². The maximum atomic E-state index is 12.5. The highest BCUT2D eigenvalue weighted by atomic mass is 19.4. The number of aryl methyl sites for hydroxylation is 2. The van der Waals surface area contributed by atoms with Crippen molar-refractivity contribution in [3.8, 4) is 0 Å². The molecule has 1 N–H and O–H groups in total. The number of carbonyl (C=O) groups excluding carboxylic acids is 1. The van der Waals surface area contributed by atoms with Crippen LogP contribution in [0.2, 0.25) is 0 Å². The highest BCUT2D eigenvalue weighted by molar-refractivity contribution is 5.74. The van der Waals surface area contributed by atoms with E-state index in [1.165, 1.54) is 4.90 Å². The van der Waals surface area contributed by atoms with Gasteiger partial charge in [-0.2, -0.15) is 13.2 Å². The van der Waals surface area contributed by atoms with E-state index in [0.29, 0.717) is 19.5 Å². The topological polar surface area (TPSA) is 48.7 Å². The zero-order chi connectivity index (χ0) is 17.9. The number of furan rings is 1. The van der Waals surface area contributed by atoms with Gasteiger partial charge in [0, 0.05) is 31.7 Å². The van der Waals surface area contributed by atoms with Crippen molar-refractivity contribution in [2.75, 3.05) is 32.7 Å². The Kier molecular flexibility index (Phi) is 5.79. The van der Waals surface area contributed by atoms with Crippen molar-refractivity contribution in [3.05, 3.63) is 23.2 Å². The van der Waals surface area contributed by atoms with Crippen LogP contribution in [-0.4, -0.2) is 54.7 Å². The lowest BCUT2D eigenvalue weighted by atomic mass is 10.1. The third kappa shape index (κ3) is 5.15. The van der Waals surface area contributed by atoms with Crippen LogP contribution in [0.3, 0.4) is 0 Å². The van der Waals surface area contributed by atoms with Crippen molar-refractivity contribution in [1.82, 2.24) is 15.1 Å². The van der Waals surface area contributed by atoms with Gasteiger partial charge in [-0.15, -0.1) is 0 Å². The van der Waals surface area contributed by atoms with Gasteiger partial charge in [0.1, 0.15) is 11.5 Å². The maximum Gasteiger partial charge on any atom is 0.401 e. The molecule has 5 nitrogen and oxygen atoms in total. The zero-order valence-electron chi connectivity index (χ0n) is 14.2. The number of nitrogens with zero attached hydrogens (tertiary/aromatic N) is 2. The number of alkyl halides is 3. The molecular weight excluding hydrogens is 323 g/mol. The number of halogens is 3. The van der Waals surface area contributed by atoms with Gasteiger partial charge in [0.2, 0.25) is 0 Å². The minimum absolute atomic E-state index is 0.218. The second-order valence-corrected chi connectivity index (χ2v) is 6.27. The number of hydrogen-bond acceptors (Lipinski definition) is 3. The van der Waals surface area contributed by atoms with E-state index >= 15 is 0 Å². The largest absolute Gasteiger partial charge is 0.466 e. The van der Waals surface area contributed by atoms with Crippen molar-refractivity contribution in [2.45, 2.75) is 39.4 Å². The quantitative estimate of drug-likeness (QED) is 0.913. The lowest BCUT2D eigenvalue weighted by Crippen LogP contribution is -2.43. The van der Waals surface area contributed by atoms with Crippen LogP contribution in [0, 0.1) is 13.8 Å². The monoisotopic (exact) mass is 347 g/mol. The first-order valence-corrected chi connectivity index (χ1v) is 8.07. The van der Waals surface area contributed by atoms with Crippen molar-refractivity contribution in [3.63, 3.8) is 0 Å². The third-order valence-corrected chi connectivity index (χ3v) is 4.16. The lowest BCUT2D eigenvalue weighted by Gasteiger charge is -2.24. The van der Waals surface area contributed by atoms with Gasteiger partial charge in [0.05, 0.1) is 12.6 Å². The molecule has 136 valence electrons. The highest BCUT2D eigenvalue weighted by Gasteiger charge is 2.32. The van der Waals surface area contributed by atoms with Crippen molar-refractivity contribution < 1.29 is 22.4 Å². The van der Waals surface area contributed by atoms with Gasteiger partial charge in [-0.3, -0.25) is 4.90 Å². The predicted molar refractivity (Wildman–Crippen MR) is 83.8 cm³/mol. The van der Waals surface area contributed by atoms with E-state index in [0.717, 1.165) is 17.1 Å². The Morgan fingerprint density at radius 1 is 1.29 bits per heavy atom. The number of hydrogen-bond donors (Lipinski definition) is 1. The van der Waals surface area contributed by atoms with Crippen LogP contribution in [0.1, 0.15) is 36.5 Å². The van der Waals surface area contributed by atoms with Crippen LogP contribution >= 0.6 is 0 Å². The van der Waals surface area contributed by atoms with Crippen molar-refractivity contribution in [1.29, 1.82) is 0 Å². The summed E-state index contributed by atoms with van der Waals surface area (Å²) in [6, 6.07) is 1.41. The summed E-state index contributed by atoms with van der Waals surface area (Å²) in [5.74, 6) is 1.54. The molecule has 24 heavy (non-hydrogen) atoms. The molecule has 2 amide bonds. The van der Waals surface area contributed by atoms with Gasteiger partial charge in [-0.25, -0.2) is 4.79 Å². The molecule has 1 aliphatic heterocycles. The molecule has 0 spiro atoms. The molecule has 1 unspecified atom stereocenters. The van der Waals surface area contributed by atoms with Crippen molar-refractivity contribution >= 4 is 6.03 Å². The Labute approximate surface area is 139 Å². The molecule has 1 aromatic heterocycles. The van der Waals surface area contributed by atoms with E-state index in [1.54, 1.807) is 4.90 Å². The summed E-state index contributed by atoms with van der Waals surface area (Å²) in [5.41, 5.74) is 0.911. The Bertz CT molecular complexity index is 571. The number of amides is 2. The summed E-state index contributed by atoms with van der Waals surface area (Å²) < 4.78 is 42.9. The summed E-state index contributed by atoms with van der Waals surface area (Å²) in [4.78, 5) is 15.3. The van der Waals surface area contributed by atoms with Crippen LogP contribution in [0.15, 0.2) is 10.5 Å². The van der Waals surface area contributed by atoms with Crippen LogP contribution < -0.4 is 5.32 Å². The summed E-state index contributed by atoms with van der Waals surface area (Å²) in [6.45, 7) is 5.94. The van der Waals surface area contributed by atoms with Gasteiger partial charge in [0.25, 0.3) is 0 Å². The second-order valence-electron chi connectivity index (χ2n) is 6.27. The zero-order valence-corrected chi connectivity index (χ0v) is 14.2. The smallest absolute Gasteiger partial charge is 0.401 e. The summed E-state index contributed by atoms with van der Waals surface area (Å²) >= 11 is 0. The van der Waals surface area contributed by atoms with Crippen LogP contribution in [0.5, 0.6) is 0 Å². The van der Waals surface area contributed by atoms with Crippen LogP contribution in [-0.2, 0) is 0 Å². The third-order valence-electron chi connectivity index (χ3n) is 4.16. The standard InChI is InChI=1S/C16H24F3N3O2/c1-11-9-14(13(3)24-11)12(2)20-15(23)22-6-4-5-21(7-8-22)10-16(17,18)19/h9,12H,4-8,10H2,1-3H3,(H,20,23). The molecule has 1 fully saturated rings. The van der Waals surface area contributed by atoms with Crippen LogP contribution in [0.25, 0.3) is 0 Å². The Balaban J connectivity index is 1.89. The SMILES string of the molecule is Cc1cc(C(C)NC(=O)N2CCCN(CC(F)(F)F)CC2)c(C)o1. The normalized spacial score (nSPS) is 18.3. The fourth-order valence-electron chi connectivity index (χ4n) is 3.02. The fraction of sp³-hybridized carbons (Fsp3) is 0.688. The number of carbonyl (C=O) groups is 1. The molecular formula is C16H24F3N3O2. The lowest BCUT2D eigenvalue weighted by molar-refractivity contribution is -0.145. The Morgan fingerprint density at radius 3 is 2.58 bits per heavy atom. The number of rotatable bonds is 3.